The van der Waals surface area contributed by atoms with Crippen LogP contribution in [0.4, 0.5) is 0 Å². The van der Waals surface area contributed by atoms with Gasteiger partial charge in [-0.25, -0.2) is 0 Å². The quantitative estimate of drug-likeness (QED) is 0.607. The molecule has 0 amide bonds. The largest absolute Gasteiger partial charge is 0.384 e. The van der Waals surface area contributed by atoms with Crippen LogP contribution in [0.25, 0.3) is 0 Å². The van der Waals surface area contributed by atoms with Gasteiger partial charge >= 0.3 is 0 Å². The minimum absolute atomic E-state index is 0.558. The molecule has 0 saturated carbocycles. The average molecular weight is 199 g/mol. The molecule has 0 aliphatic rings. The van der Waals surface area contributed by atoms with Gasteiger partial charge in [-0.2, -0.15) is 0 Å². The molecule has 0 aromatic heterocycles. The average Bonchev–Trinajstić information content (AvgIpc) is 2.03. The van der Waals surface area contributed by atoms with Crippen LogP contribution in [0.1, 0.15) is 33.6 Å². The Morgan fingerprint density at radius 1 is 1.50 bits per heavy atom. The van der Waals surface area contributed by atoms with Gasteiger partial charge in [0, 0.05) is 19.8 Å². The second-order valence-corrected chi connectivity index (χ2v) is 4.21. The van der Waals surface area contributed by atoms with Crippen LogP contribution in [0.2, 0.25) is 0 Å². The van der Waals surface area contributed by atoms with Crippen molar-refractivity contribution in [2.75, 3.05) is 20.3 Å². The highest BCUT2D eigenvalue weighted by Crippen LogP contribution is 2.12. The Balaban J connectivity index is 3.87. The summed E-state index contributed by atoms with van der Waals surface area (Å²) in [4.78, 5) is 0. The van der Waals surface area contributed by atoms with E-state index in [-0.39, 0.29) is 0 Å². The lowest BCUT2D eigenvalue weighted by Crippen LogP contribution is -2.31. The fourth-order valence-electron chi connectivity index (χ4n) is 1.79. The molecule has 2 unspecified atom stereocenters. The Bertz CT molecular complexity index is 156. The zero-order valence-corrected chi connectivity index (χ0v) is 10.1. The molecule has 84 valence electrons. The van der Waals surface area contributed by atoms with Crippen LogP contribution in [-0.2, 0) is 4.74 Å². The summed E-state index contributed by atoms with van der Waals surface area (Å²) in [7, 11) is 1.76. The summed E-state index contributed by atoms with van der Waals surface area (Å²) in [5.41, 5.74) is 1.25. The van der Waals surface area contributed by atoms with Gasteiger partial charge in [0.15, 0.2) is 0 Å². The number of ether oxygens (including phenoxy) is 1. The molecule has 2 atom stereocenters. The topological polar surface area (TPSA) is 21.3 Å². The van der Waals surface area contributed by atoms with E-state index in [1.807, 2.05) is 0 Å². The molecular weight excluding hydrogens is 174 g/mol. The highest BCUT2D eigenvalue weighted by molar-refractivity contribution is 4.93. The molecule has 0 bridgehead atoms. The predicted octanol–water partition coefficient (Wildman–Crippen LogP) is 2.60. The van der Waals surface area contributed by atoms with Gasteiger partial charge in [-0.15, -0.1) is 6.58 Å². The van der Waals surface area contributed by atoms with E-state index in [4.69, 9.17) is 4.74 Å². The van der Waals surface area contributed by atoms with Crippen LogP contribution < -0.4 is 5.32 Å². The van der Waals surface area contributed by atoms with Crippen molar-refractivity contribution < 1.29 is 4.74 Å². The molecule has 0 rings (SSSR count). The van der Waals surface area contributed by atoms with Crippen molar-refractivity contribution in [2.24, 2.45) is 5.92 Å². The van der Waals surface area contributed by atoms with Crippen molar-refractivity contribution in [3.63, 3.8) is 0 Å². The molecule has 0 fully saturated rings. The number of hydrogen-bond donors (Lipinski definition) is 1. The molecule has 2 heteroatoms. The zero-order chi connectivity index (χ0) is 11.0. The summed E-state index contributed by atoms with van der Waals surface area (Å²) in [6, 6.07) is 0.558. The van der Waals surface area contributed by atoms with Crippen molar-refractivity contribution >= 4 is 0 Å². The Kier molecular flexibility index (Phi) is 7.81. The third-order valence-electron chi connectivity index (χ3n) is 2.23. The minimum atomic E-state index is 0.558. The predicted molar refractivity (Wildman–Crippen MR) is 62.6 cm³/mol. The van der Waals surface area contributed by atoms with Crippen molar-refractivity contribution in [3.8, 4) is 0 Å². The van der Waals surface area contributed by atoms with Crippen LogP contribution in [-0.4, -0.2) is 26.3 Å². The zero-order valence-electron chi connectivity index (χ0n) is 10.1. The highest BCUT2D eigenvalue weighted by atomic mass is 16.5. The van der Waals surface area contributed by atoms with E-state index in [0.717, 1.165) is 26.0 Å². The van der Waals surface area contributed by atoms with Crippen LogP contribution in [0.3, 0.4) is 0 Å². The maximum Gasteiger partial charge on any atom is 0.0488 e. The van der Waals surface area contributed by atoms with Crippen LogP contribution in [0.5, 0.6) is 0 Å². The molecule has 0 aromatic rings. The molecular formula is C12H25NO. The lowest BCUT2D eigenvalue weighted by molar-refractivity contribution is 0.149. The molecule has 0 aliphatic carbocycles. The lowest BCUT2D eigenvalue weighted by Gasteiger charge is -2.21. The van der Waals surface area contributed by atoms with Gasteiger partial charge in [-0.1, -0.05) is 19.4 Å². The standard InChI is InChI=1S/C12H25NO/c1-6-13-12(7-10(2)3)8-11(4)9-14-5/h11-13H,2,6-9H2,1,3-5H3. The van der Waals surface area contributed by atoms with Gasteiger partial charge in [0.2, 0.25) is 0 Å². The first-order chi connectivity index (χ1) is 6.60. The Morgan fingerprint density at radius 3 is 2.57 bits per heavy atom. The summed E-state index contributed by atoms with van der Waals surface area (Å²) < 4.78 is 5.14. The van der Waals surface area contributed by atoms with E-state index in [9.17, 15) is 0 Å². The summed E-state index contributed by atoms with van der Waals surface area (Å²) in [5, 5.41) is 3.49. The first-order valence-electron chi connectivity index (χ1n) is 5.46. The maximum absolute atomic E-state index is 5.14. The Hall–Kier alpha value is -0.340. The summed E-state index contributed by atoms with van der Waals surface area (Å²) >= 11 is 0. The van der Waals surface area contributed by atoms with Crippen LogP contribution in [0, 0.1) is 5.92 Å². The maximum atomic E-state index is 5.14. The molecule has 0 radical (unpaired) electrons. The number of methoxy groups -OCH3 is 1. The van der Waals surface area contributed by atoms with Gasteiger partial charge in [0.25, 0.3) is 0 Å². The summed E-state index contributed by atoms with van der Waals surface area (Å²) in [5.74, 6) is 0.614. The second kappa shape index (κ2) is 8.01. The van der Waals surface area contributed by atoms with Crippen molar-refractivity contribution in [1.82, 2.24) is 5.32 Å². The van der Waals surface area contributed by atoms with Crippen LogP contribution in [0.15, 0.2) is 12.2 Å². The van der Waals surface area contributed by atoms with Crippen molar-refractivity contribution in [3.05, 3.63) is 12.2 Å². The number of rotatable bonds is 8. The normalized spacial score (nSPS) is 15.1. The minimum Gasteiger partial charge on any atom is -0.384 e. The highest BCUT2D eigenvalue weighted by Gasteiger charge is 2.11. The van der Waals surface area contributed by atoms with Crippen molar-refractivity contribution in [1.29, 1.82) is 0 Å². The van der Waals surface area contributed by atoms with Crippen molar-refractivity contribution in [2.45, 2.75) is 39.7 Å². The number of hydrogen-bond acceptors (Lipinski definition) is 2. The Morgan fingerprint density at radius 2 is 2.14 bits per heavy atom. The molecule has 2 nitrogen and oxygen atoms in total. The molecule has 0 spiro atoms. The number of nitrogens with one attached hydrogen (secondary N) is 1. The van der Waals surface area contributed by atoms with Gasteiger partial charge in [0.05, 0.1) is 0 Å². The lowest BCUT2D eigenvalue weighted by atomic mass is 9.97. The third kappa shape index (κ3) is 7.10. The summed E-state index contributed by atoms with van der Waals surface area (Å²) in [6.45, 7) is 12.3. The second-order valence-electron chi connectivity index (χ2n) is 4.21. The first-order valence-corrected chi connectivity index (χ1v) is 5.46. The molecule has 1 N–H and O–H groups in total. The third-order valence-corrected chi connectivity index (χ3v) is 2.23. The fraction of sp³-hybridized carbons (Fsp3) is 0.833. The molecule has 0 saturated heterocycles. The van der Waals surface area contributed by atoms with Gasteiger partial charge in [-0.05, 0) is 32.2 Å². The van der Waals surface area contributed by atoms with E-state index in [2.05, 4.69) is 32.7 Å². The fourth-order valence-corrected chi connectivity index (χ4v) is 1.79. The SMILES string of the molecule is C=C(C)CC(CC(C)COC)NCC. The van der Waals surface area contributed by atoms with E-state index in [0.29, 0.717) is 12.0 Å². The smallest absolute Gasteiger partial charge is 0.0488 e. The monoisotopic (exact) mass is 199 g/mol. The van der Waals surface area contributed by atoms with Gasteiger partial charge in [-0.3, -0.25) is 0 Å². The van der Waals surface area contributed by atoms with Gasteiger partial charge in [0.1, 0.15) is 0 Å². The molecule has 0 aliphatic heterocycles. The molecule has 0 aromatic carbocycles. The van der Waals surface area contributed by atoms with E-state index in [1.54, 1.807) is 7.11 Å². The molecule has 0 heterocycles. The van der Waals surface area contributed by atoms with E-state index >= 15 is 0 Å². The first kappa shape index (κ1) is 13.7. The molecule has 14 heavy (non-hydrogen) atoms. The van der Waals surface area contributed by atoms with Crippen LogP contribution >= 0.6 is 0 Å². The van der Waals surface area contributed by atoms with E-state index in [1.165, 1.54) is 5.57 Å². The summed E-state index contributed by atoms with van der Waals surface area (Å²) in [6.07, 6.45) is 2.23. The van der Waals surface area contributed by atoms with E-state index < -0.39 is 0 Å². The Labute approximate surface area is 88.7 Å². The van der Waals surface area contributed by atoms with Gasteiger partial charge < -0.3 is 10.1 Å².